The van der Waals surface area contributed by atoms with Gasteiger partial charge in [-0.2, -0.15) is 0 Å². The van der Waals surface area contributed by atoms with Crippen LogP contribution in [0.15, 0.2) is 34.8 Å². The molecule has 0 radical (unpaired) electrons. The maximum Gasteiger partial charge on any atom is 0.256 e. The molecule has 0 unspecified atom stereocenters. The number of carbonyl (C=O) groups excluding carboxylic acids is 1. The topological polar surface area (TPSA) is 68.0 Å². The number of nitrogens with one attached hydrogen (secondary N) is 1. The van der Waals surface area contributed by atoms with Crippen molar-refractivity contribution in [1.29, 1.82) is 0 Å². The number of nitrogen functional groups attached to an aromatic ring is 1. The van der Waals surface area contributed by atoms with Gasteiger partial charge in [-0.3, -0.25) is 4.79 Å². The molecule has 4 nitrogen and oxygen atoms in total. The van der Waals surface area contributed by atoms with E-state index < -0.39 is 5.82 Å². The van der Waals surface area contributed by atoms with Gasteiger partial charge in [0.15, 0.2) is 0 Å². The Kier molecular flexibility index (Phi) is 3.80. The summed E-state index contributed by atoms with van der Waals surface area (Å²) in [5, 5.41) is 2.62. The third kappa shape index (κ3) is 3.08. The van der Waals surface area contributed by atoms with E-state index in [0.717, 1.165) is 16.2 Å². The van der Waals surface area contributed by atoms with Crippen molar-refractivity contribution >= 4 is 33.3 Å². The third-order valence-electron chi connectivity index (χ3n) is 2.52. The minimum absolute atomic E-state index is 0.0624. The number of nitrogens with zero attached hydrogens (tertiary/aromatic N) is 1. The van der Waals surface area contributed by atoms with Gasteiger partial charge in [0.05, 0.1) is 11.4 Å². The second kappa shape index (κ2) is 5.36. The molecule has 0 aliphatic rings. The van der Waals surface area contributed by atoms with E-state index in [1.54, 1.807) is 12.1 Å². The van der Waals surface area contributed by atoms with Crippen LogP contribution in [0.5, 0.6) is 0 Å². The first kappa shape index (κ1) is 13.5. The Bertz CT molecular complexity index is 646. The van der Waals surface area contributed by atoms with E-state index in [4.69, 9.17) is 5.73 Å². The number of rotatable bonds is 2. The van der Waals surface area contributed by atoms with Crippen molar-refractivity contribution in [2.24, 2.45) is 0 Å². The summed E-state index contributed by atoms with van der Waals surface area (Å²) in [6, 6.07) is 7.27. The van der Waals surface area contributed by atoms with Gasteiger partial charge >= 0.3 is 0 Å². The molecule has 1 heterocycles. The molecule has 2 aromatic rings. The average molecular weight is 324 g/mol. The summed E-state index contributed by atoms with van der Waals surface area (Å²) in [7, 11) is 0. The van der Waals surface area contributed by atoms with Crippen molar-refractivity contribution in [3.8, 4) is 0 Å². The third-order valence-corrected chi connectivity index (χ3v) is 3.36. The molecule has 0 bridgehead atoms. The standard InChI is InChI=1S/C13H11BrFN3O/c1-7-9(14)3-5-12(17-7)18-13(19)8-2-4-10(15)11(16)6-8/h2-6H,16H2,1H3,(H,17,18,19). The number of halogens is 2. The molecule has 0 fully saturated rings. The predicted octanol–water partition coefficient (Wildman–Crippen LogP) is 3.13. The van der Waals surface area contributed by atoms with E-state index in [0.29, 0.717) is 5.82 Å². The Morgan fingerprint density at radius 3 is 2.74 bits per heavy atom. The molecular formula is C13H11BrFN3O. The van der Waals surface area contributed by atoms with Crippen LogP contribution >= 0.6 is 15.9 Å². The maximum atomic E-state index is 13.0. The Balaban J connectivity index is 2.20. The molecular weight excluding hydrogens is 313 g/mol. The summed E-state index contributed by atoms with van der Waals surface area (Å²) >= 11 is 3.32. The first-order valence-corrected chi connectivity index (χ1v) is 6.26. The van der Waals surface area contributed by atoms with E-state index >= 15 is 0 Å². The second-order valence-electron chi connectivity index (χ2n) is 3.95. The van der Waals surface area contributed by atoms with Gasteiger partial charge in [0.25, 0.3) is 5.91 Å². The quantitative estimate of drug-likeness (QED) is 0.834. The SMILES string of the molecule is Cc1nc(NC(=O)c2ccc(F)c(N)c2)ccc1Br. The highest BCUT2D eigenvalue weighted by atomic mass is 79.9. The number of pyridine rings is 1. The molecule has 0 saturated carbocycles. The van der Waals surface area contributed by atoms with Gasteiger partial charge in [-0.15, -0.1) is 0 Å². The number of anilines is 2. The predicted molar refractivity (Wildman–Crippen MR) is 75.4 cm³/mol. The lowest BCUT2D eigenvalue weighted by atomic mass is 10.2. The fourth-order valence-electron chi connectivity index (χ4n) is 1.49. The van der Waals surface area contributed by atoms with Gasteiger partial charge < -0.3 is 11.1 Å². The van der Waals surface area contributed by atoms with Crippen LogP contribution in [0, 0.1) is 12.7 Å². The van der Waals surface area contributed by atoms with Crippen molar-refractivity contribution < 1.29 is 9.18 Å². The number of amides is 1. The van der Waals surface area contributed by atoms with Crippen molar-refractivity contribution in [2.45, 2.75) is 6.92 Å². The highest BCUT2D eigenvalue weighted by molar-refractivity contribution is 9.10. The van der Waals surface area contributed by atoms with Crippen molar-refractivity contribution in [2.75, 3.05) is 11.1 Å². The maximum absolute atomic E-state index is 13.0. The van der Waals surface area contributed by atoms with Crippen LogP contribution in [0.3, 0.4) is 0 Å². The van der Waals surface area contributed by atoms with Gasteiger partial charge in [-0.25, -0.2) is 9.37 Å². The van der Waals surface area contributed by atoms with Gasteiger partial charge in [0.1, 0.15) is 11.6 Å². The Hall–Kier alpha value is -1.95. The summed E-state index contributed by atoms with van der Waals surface area (Å²) in [6.07, 6.45) is 0. The summed E-state index contributed by atoms with van der Waals surface area (Å²) in [4.78, 5) is 16.1. The summed E-state index contributed by atoms with van der Waals surface area (Å²) in [5.41, 5.74) is 6.40. The fraction of sp³-hybridized carbons (Fsp3) is 0.0769. The zero-order valence-electron chi connectivity index (χ0n) is 10.1. The van der Waals surface area contributed by atoms with E-state index in [2.05, 4.69) is 26.2 Å². The van der Waals surface area contributed by atoms with Gasteiger partial charge in [0.2, 0.25) is 0 Å². The van der Waals surface area contributed by atoms with Gasteiger partial charge in [-0.1, -0.05) is 0 Å². The van der Waals surface area contributed by atoms with E-state index in [-0.39, 0.29) is 17.2 Å². The number of hydrogen-bond acceptors (Lipinski definition) is 3. The number of carbonyl (C=O) groups is 1. The van der Waals surface area contributed by atoms with Gasteiger partial charge in [-0.05, 0) is 53.2 Å². The van der Waals surface area contributed by atoms with Crippen LogP contribution < -0.4 is 11.1 Å². The van der Waals surface area contributed by atoms with Crippen LogP contribution in [-0.4, -0.2) is 10.9 Å². The molecule has 1 aromatic carbocycles. The molecule has 6 heteroatoms. The minimum atomic E-state index is -0.547. The molecule has 0 spiro atoms. The molecule has 1 amide bonds. The van der Waals surface area contributed by atoms with Crippen LogP contribution in [0.4, 0.5) is 15.9 Å². The lowest BCUT2D eigenvalue weighted by Gasteiger charge is -2.07. The minimum Gasteiger partial charge on any atom is -0.396 e. The van der Waals surface area contributed by atoms with Crippen molar-refractivity contribution in [3.63, 3.8) is 0 Å². The molecule has 0 aliphatic carbocycles. The monoisotopic (exact) mass is 323 g/mol. The summed E-state index contributed by atoms with van der Waals surface area (Å²) < 4.78 is 13.9. The fourth-order valence-corrected chi connectivity index (χ4v) is 1.71. The molecule has 0 saturated heterocycles. The lowest BCUT2D eigenvalue weighted by molar-refractivity contribution is 0.102. The number of aromatic nitrogens is 1. The smallest absolute Gasteiger partial charge is 0.256 e. The first-order valence-electron chi connectivity index (χ1n) is 5.47. The highest BCUT2D eigenvalue weighted by Crippen LogP contribution is 2.17. The average Bonchev–Trinajstić information content (AvgIpc) is 2.37. The summed E-state index contributed by atoms with van der Waals surface area (Å²) in [5.74, 6) is -0.510. The molecule has 19 heavy (non-hydrogen) atoms. The first-order chi connectivity index (χ1) is 8.97. The van der Waals surface area contributed by atoms with Crippen LogP contribution in [0.2, 0.25) is 0 Å². The Morgan fingerprint density at radius 1 is 1.37 bits per heavy atom. The normalized spacial score (nSPS) is 10.3. The molecule has 1 aromatic heterocycles. The van der Waals surface area contributed by atoms with E-state index in [1.807, 2.05) is 6.92 Å². The van der Waals surface area contributed by atoms with Crippen LogP contribution in [-0.2, 0) is 0 Å². The molecule has 0 atom stereocenters. The zero-order chi connectivity index (χ0) is 14.0. The van der Waals surface area contributed by atoms with E-state index in [1.165, 1.54) is 12.1 Å². The van der Waals surface area contributed by atoms with Crippen molar-refractivity contribution in [1.82, 2.24) is 4.98 Å². The summed E-state index contributed by atoms with van der Waals surface area (Å²) in [6.45, 7) is 1.82. The molecule has 0 aliphatic heterocycles. The van der Waals surface area contributed by atoms with Gasteiger partial charge in [0, 0.05) is 10.0 Å². The zero-order valence-corrected chi connectivity index (χ0v) is 11.7. The molecule has 98 valence electrons. The molecule has 3 N–H and O–H groups in total. The van der Waals surface area contributed by atoms with Crippen molar-refractivity contribution in [3.05, 3.63) is 51.9 Å². The highest BCUT2D eigenvalue weighted by Gasteiger charge is 2.09. The number of nitrogens with two attached hydrogens (primary N) is 1. The second-order valence-corrected chi connectivity index (χ2v) is 4.81. The number of aryl methyl sites for hydroxylation is 1. The lowest BCUT2D eigenvalue weighted by Crippen LogP contribution is -2.13. The Labute approximate surface area is 118 Å². The van der Waals surface area contributed by atoms with Crippen LogP contribution in [0.25, 0.3) is 0 Å². The largest absolute Gasteiger partial charge is 0.396 e. The van der Waals surface area contributed by atoms with Crippen LogP contribution in [0.1, 0.15) is 16.1 Å². The number of hydrogen-bond donors (Lipinski definition) is 2. The number of benzene rings is 1. The molecule has 2 rings (SSSR count). The Morgan fingerprint density at radius 2 is 2.11 bits per heavy atom. The van der Waals surface area contributed by atoms with E-state index in [9.17, 15) is 9.18 Å².